The molecule has 1 aromatic heterocycles. The summed E-state index contributed by atoms with van der Waals surface area (Å²) in [6, 6.07) is 0. The summed E-state index contributed by atoms with van der Waals surface area (Å²) in [5.41, 5.74) is 5.35. The van der Waals surface area contributed by atoms with Gasteiger partial charge in [0.1, 0.15) is 0 Å². The molecule has 1 rings (SSSR count). The lowest BCUT2D eigenvalue weighted by Gasteiger charge is -1.97. The van der Waals surface area contributed by atoms with Gasteiger partial charge in [0.2, 0.25) is 5.95 Å². The Kier molecular flexibility index (Phi) is 2.16. The molecule has 2 N–H and O–H groups in total. The maximum Gasteiger partial charge on any atom is 0.240 e. The Bertz CT molecular complexity index is 197. The molecule has 0 aliphatic rings. The van der Waals surface area contributed by atoms with Crippen LogP contribution in [0.15, 0.2) is 0 Å². The van der Waals surface area contributed by atoms with Crippen molar-refractivity contribution in [3.63, 3.8) is 0 Å². The molecule has 6 heteroatoms. The van der Waals surface area contributed by atoms with Crippen molar-refractivity contribution in [1.29, 1.82) is 0 Å². The Balaban J connectivity index is 2.49. The zero-order chi connectivity index (χ0) is 7.40. The van der Waals surface area contributed by atoms with Crippen molar-refractivity contribution in [3.8, 4) is 0 Å². The average Bonchev–Trinajstić information content (AvgIpc) is 2.31. The highest BCUT2D eigenvalue weighted by Gasteiger charge is 1.97. The predicted molar refractivity (Wildman–Crippen MR) is 34.1 cm³/mol. The van der Waals surface area contributed by atoms with E-state index in [2.05, 4.69) is 15.5 Å². The van der Waals surface area contributed by atoms with Crippen LogP contribution in [0.5, 0.6) is 0 Å². The van der Waals surface area contributed by atoms with Crippen LogP contribution in [0, 0.1) is 0 Å². The summed E-state index contributed by atoms with van der Waals surface area (Å²) in [7, 11) is 1.61. The maximum absolute atomic E-state index is 5.35. The lowest BCUT2D eigenvalue weighted by Crippen LogP contribution is -2.09. The molecular formula is C4H9N5O. The summed E-state index contributed by atoms with van der Waals surface area (Å²) in [4.78, 5) is 0. The standard InChI is InChI=1S/C4H9N5O/c1-10-3-2-9-4(5)6-7-8-9/h2-3H2,1H3,(H2,5,6,8). The third kappa shape index (κ3) is 1.41. The number of aromatic nitrogens is 4. The minimum atomic E-state index is 0.317. The topological polar surface area (TPSA) is 78.8 Å². The first kappa shape index (κ1) is 6.94. The molecule has 0 amide bonds. The van der Waals surface area contributed by atoms with Crippen molar-refractivity contribution in [3.05, 3.63) is 0 Å². The SMILES string of the molecule is COCCn1nnnc1N. The van der Waals surface area contributed by atoms with Crippen molar-refractivity contribution in [2.24, 2.45) is 0 Å². The van der Waals surface area contributed by atoms with E-state index in [1.54, 1.807) is 7.11 Å². The summed E-state index contributed by atoms with van der Waals surface area (Å²) in [5.74, 6) is 0.317. The van der Waals surface area contributed by atoms with Gasteiger partial charge in [-0.1, -0.05) is 5.10 Å². The Hall–Kier alpha value is -1.17. The quantitative estimate of drug-likeness (QED) is 0.581. The molecule has 6 nitrogen and oxygen atoms in total. The second-order valence-corrected chi connectivity index (χ2v) is 1.75. The first-order valence-corrected chi connectivity index (χ1v) is 2.85. The Morgan fingerprint density at radius 2 is 2.50 bits per heavy atom. The molecule has 56 valence electrons. The van der Waals surface area contributed by atoms with Gasteiger partial charge in [0, 0.05) is 7.11 Å². The van der Waals surface area contributed by atoms with Crippen LogP contribution < -0.4 is 5.73 Å². The first-order valence-electron chi connectivity index (χ1n) is 2.85. The van der Waals surface area contributed by atoms with Gasteiger partial charge in [-0.25, -0.2) is 4.68 Å². The Labute approximate surface area is 58.0 Å². The lowest BCUT2D eigenvalue weighted by atomic mass is 10.7. The summed E-state index contributed by atoms with van der Waals surface area (Å²) in [6.45, 7) is 1.16. The first-order chi connectivity index (χ1) is 4.84. The van der Waals surface area contributed by atoms with Crippen molar-refractivity contribution in [2.45, 2.75) is 6.54 Å². The van der Waals surface area contributed by atoms with Gasteiger partial charge in [0.15, 0.2) is 0 Å². The van der Waals surface area contributed by atoms with E-state index < -0.39 is 0 Å². The number of rotatable bonds is 3. The van der Waals surface area contributed by atoms with Crippen LogP contribution >= 0.6 is 0 Å². The number of ether oxygens (including phenoxy) is 1. The number of tetrazole rings is 1. The second kappa shape index (κ2) is 3.11. The Morgan fingerprint density at radius 3 is 3.00 bits per heavy atom. The molecule has 0 saturated heterocycles. The van der Waals surface area contributed by atoms with E-state index in [1.807, 2.05) is 0 Å². The molecule has 0 saturated carbocycles. The highest BCUT2D eigenvalue weighted by molar-refractivity contribution is 5.09. The highest BCUT2D eigenvalue weighted by atomic mass is 16.5. The molecule has 0 fully saturated rings. The molecule has 0 aliphatic heterocycles. The molecule has 1 aromatic rings. The van der Waals surface area contributed by atoms with E-state index in [9.17, 15) is 0 Å². The normalized spacial score (nSPS) is 10.1. The minimum Gasteiger partial charge on any atom is -0.383 e. The average molecular weight is 143 g/mol. The molecule has 0 aromatic carbocycles. The number of methoxy groups -OCH3 is 1. The van der Waals surface area contributed by atoms with Crippen molar-refractivity contribution in [2.75, 3.05) is 19.5 Å². The maximum atomic E-state index is 5.35. The molecule has 0 radical (unpaired) electrons. The van der Waals surface area contributed by atoms with Crippen molar-refractivity contribution in [1.82, 2.24) is 20.2 Å². The fraction of sp³-hybridized carbons (Fsp3) is 0.750. The van der Waals surface area contributed by atoms with Crippen LogP contribution in [0.25, 0.3) is 0 Å². The van der Waals surface area contributed by atoms with Gasteiger partial charge >= 0.3 is 0 Å². The number of hydrogen-bond donors (Lipinski definition) is 1. The van der Waals surface area contributed by atoms with Crippen LogP contribution in [0.3, 0.4) is 0 Å². The van der Waals surface area contributed by atoms with Crippen molar-refractivity contribution < 1.29 is 4.74 Å². The second-order valence-electron chi connectivity index (χ2n) is 1.75. The van der Waals surface area contributed by atoms with Crippen LogP contribution in [-0.2, 0) is 11.3 Å². The molecule has 0 aliphatic carbocycles. The van der Waals surface area contributed by atoms with Gasteiger partial charge in [0.05, 0.1) is 13.2 Å². The molecule has 0 atom stereocenters. The zero-order valence-corrected chi connectivity index (χ0v) is 5.69. The molecule has 10 heavy (non-hydrogen) atoms. The number of nitrogen functional groups attached to an aromatic ring is 1. The minimum absolute atomic E-state index is 0.317. The Morgan fingerprint density at radius 1 is 1.70 bits per heavy atom. The third-order valence-electron chi connectivity index (χ3n) is 1.07. The van der Waals surface area contributed by atoms with Gasteiger partial charge < -0.3 is 10.5 Å². The third-order valence-corrected chi connectivity index (χ3v) is 1.07. The van der Waals surface area contributed by atoms with Crippen LogP contribution in [0.2, 0.25) is 0 Å². The molecule has 0 unspecified atom stereocenters. The largest absolute Gasteiger partial charge is 0.383 e. The fourth-order valence-electron chi connectivity index (χ4n) is 0.549. The van der Waals surface area contributed by atoms with E-state index in [1.165, 1.54) is 4.68 Å². The summed E-state index contributed by atoms with van der Waals surface area (Å²) in [6.07, 6.45) is 0. The molecule has 1 heterocycles. The monoisotopic (exact) mass is 143 g/mol. The van der Waals surface area contributed by atoms with E-state index in [4.69, 9.17) is 10.5 Å². The van der Waals surface area contributed by atoms with Gasteiger partial charge in [-0.15, -0.1) is 0 Å². The van der Waals surface area contributed by atoms with Gasteiger partial charge in [0.25, 0.3) is 0 Å². The number of hydrogen-bond acceptors (Lipinski definition) is 5. The van der Waals surface area contributed by atoms with E-state index in [0.29, 0.717) is 19.1 Å². The fourth-order valence-corrected chi connectivity index (χ4v) is 0.549. The predicted octanol–water partition coefficient (Wildman–Crippen LogP) is -1.10. The number of anilines is 1. The smallest absolute Gasteiger partial charge is 0.240 e. The van der Waals surface area contributed by atoms with E-state index >= 15 is 0 Å². The van der Waals surface area contributed by atoms with Gasteiger partial charge in [-0.05, 0) is 10.4 Å². The van der Waals surface area contributed by atoms with Crippen LogP contribution in [-0.4, -0.2) is 33.9 Å². The number of nitrogens with two attached hydrogens (primary N) is 1. The highest BCUT2D eigenvalue weighted by Crippen LogP contribution is 1.89. The lowest BCUT2D eigenvalue weighted by molar-refractivity contribution is 0.183. The molecule has 0 spiro atoms. The van der Waals surface area contributed by atoms with Crippen molar-refractivity contribution >= 4 is 5.95 Å². The van der Waals surface area contributed by atoms with E-state index in [-0.39, 0.29) is 0 Å². The van der Waals surface area contributed by atoms with E-state index in [0.717, 1.165) is 0 Å². The molecule has 0 bridgehead atoms. The number of nitrogens with zero attached hydrogens (tertiary/aromatic N) is 4. The van der Waals surface area contributed by atoms with Crippen LogP contribution in [0.1, 0.15) is 0 Å². The summed E-state index contributed by atoms with van der Waals surface area (Å²) >= 11 is 0. The van der Waals surface area contributed by atoms with Gasteiger partial charge in [-0.3, -0.25) is 0 Å². The zero-order valence-electron chi connectivity index (χ0n) is 5.69. The summed E-state index contributed by atoms with van der Waals surface area (Å²) < 4.78 is 6.27. The molecular weight excluding hydrogens is 134 g/mol. The summed E-state index contributed by atoms with van der Waals surface area (Å²) in [5, 5.41) is 10.5. The van der Waals surface area contributed by atoms with Crippen LogP contribution in [0.4, 0.5) is 5.95 Å². The van der Waals surface area contributed by atoms with Gasteiger partial charge in [-0.2, -0.15) is 0 Å².